The summed E-state index contributed by atoms with van der Waals surface area (Å²) in [6.45, 7) is 0. The summed E-state index contributed by atoms with van der Waals surface area (Å²) in [7, 11) is 1.98. The smallest absolute Gasteiger partial charge is 0.147 e. The molecule has 0 spiro atoms. The lowest BCUT2D eigenvalue weighted by molar-refractivity contribution is 0.818. The van der Waals surface area contributed by atoms with E-state index in [2.05, 4.69) is 27.4 Å². The average molecular weight is 203 g/mol. The molecule has 1 aliphatic rings. The Kier molecular flexibility index (Phi) is 2.37. The third-order valence-electron chi connectivity index (χ3n) is 2.76. The van der Waals surface area contributed by atoms with Crippen molar-refractivity contribution in [2.75, 3.05) is 11.9 Å². The molecular weight excluding hydrogens is 190 g/mol. The molecule has 0 amide bonds. The number of nitrogens with two attached hydrogens (primary N) is 1. The molecule has 1 aromatic rings. The summed E-state index contributed by atoms with van der Waals surface area (Å²) >= 11 is 0. The average Bonchev–Trinajstić information content (AvgIpc) is 2.57. The van der Waals surface area contributed by atoms with Crippen LogP contribution in [0, 0.1) is 5.53 Å². The number of rotatable bonds is 2. The van der Waals surface area contributed by atoms with Crippen LogP contribution in [0.4, 0.5) is 5.69 Å². The van der Waals surface area contributed by atoms with Crippen molar-refractivity contribution < 1.29 is 0 Å². The fourth-order valence-corrected chi connectivity index (χ4v) is 1.97. The summed E-state index contributed by atoms with van der Waals surface area (Å²) in [5.41, 5.74) is 14.8. The minimum absolute atomic E-state index is 0.0245. The minimum Gasteiger partial charge on any atom is -0.384 e. The van der Waals surface area contributed by atoms with Gasteiger partial charge in [0, 0.05) is 19.2 Å². The molecule has 0 radical (unpaired) electrons. The maximum absolute atomic E-state index is 6.66. The number of anilines is 1. The van der Waals surface area contributed by atoms with Crippen molar-refractivity contribution in [3.05, 3.63) is 29.8 Å². The van der Waals surface area contributed by atoms with Crippen molar-refractivity contribution in [3.8, 4) is 0 Å². The van der Waals surface area contributed by atoms with Gasteiger partial charge in [-0.2, -0.15) is 5.53 Å². The Balaban J connectivity index is 2.31. The van der Waals surface area contributed by atoms with E-state index in [0.29, 0.717) is 5.84 Å². The van der Waals surface area contributed by atoms with Crippen LogP contribution in [0.2, 0.25) is 0 Å². The van der Waals surface area contributed by atoms with Crippen molar-refractivity contribution in [3.63, 3.8) is 0 Å². The second-order valence-electron chi connectivity index (χ2n) is 3.58. The number of nitrogens with one attached hydrogen (secondary N) is 1. The van der Waals surface area contributed by atoms with E-state index in [1.165, 1.54) is 11.3 Å². The third-order valence-corrected chi connectivity index (χ3v) is 2.76. The zero-order valence-corrected chi connectivity index (χ0v) is 8.51. The highest BCUT2D eigenvalue weighted by atomic mass is 15.3. The van der Waals surface area contributed by atoms with E-state index < -0.39 is 0 Å². The van der Waals surface area contributed by atoms with Gasteiger partial charge in [-0.1, -0.05) is 23.4 Å². The third kappa shape index (κ3) is 1.56. The molecule has 0 saturated heterocycles. The first-order valence-electron chi connectivity index (χ1n) is 4.74. The highest BCUT2D eigenvalue weighted by molar-refractivity contribution is 5.91. The lowest BCUT2D eigenvalue weighted by Gasteiger charge is -2.21. The summed E-state index contributed by atoms with van der Waals surface area (Å²) in [6.07, 6.45) is 0.831. The molecule has 0 fully saturated rings. The Morgan fingerprint density at radius 1 is 1.53 bits per heavy atom. The van der Waals surface area contributed by atoms with E-state index in [9.17, 15) is 0 Å². The predicted molar refractivity (Wildman–Crippen MR) is 59.1 cm³/mol. The molecule has 15 heavy (non-hydrogen) atoms. The van der Waals surface area contributed by atoms with E-state index in [1.807, 2.05) is 19.2 Å². The van der Waals surface area contributed by atoms with E-state index in [0.717, 1.165) is 6.42 Å². The van der Waals surface area contributed by atoms with Crippen LogP contribution in [0.25, 0.3) is 0 Å². The first-order valence-corrected chi connectivity index (χ1v) is 4.74. The largest absolute Gasteiger partial charge is 0.384 e. The van der Waals surface area contributed by atoms with Gasteiger partial charge in [-0.25, -0.2) is 0 Å². The first kappa shape index (κ1) is 9.64. The molecule has 1 aliphatic heterocycles. The lowest BCUT2D eigenvalue weighted by atomic mass is 10.1. The molecular formula is C10H13N5. The van der Waals surface area contributed by atoms with Crippen LogP contribution < -0.4 is 10.6 Å². The van der Waals surface area contributed by atoms with Crippen molar-refractivity contribution >= 4 is 11.5 Å². The molecule has 78 valence electrons. The van der Waals surface area contributed by atoms with Crippen LogP contribution in [-0.4, -0.2) is 18.9 Å². The molecule has 2 rings (SSSR count). The van der Waals surface area contributed by atoms with Crippen molar-refractivity contribution in [2.45, 2.75) is 12.5 Å². The van der Waals surface area contributed by atoms with Gasteiger partial charge in [-0.05, 0) is 11.6 Å². The van der Waals surface area contributed by atoms with Gasteiger partial charge in [0.25, 0.3) is 0 Å². The van der Waals surface area contributed by atoms with Gasteiger partial charge < -0.3 is 10.6 Å². The summed E-state index contributed by atoms with van der Waals surface area (Å²) in [4.78, 5) is 2.07. The van der Waals surface area contributed by atoms with E-state index >= 15 is 0 Å². The molecule has 0 aromatic heterocycles. The second kappa shape index (κ2) is 3.68. The van der Waals surface area contributed by atoms with E-state index in [4.69, 9.17) is 11.3 Å². The molecule has 1 unspecified atom stereocenters. The van der Waals surface area contributed by atoms with Crippen LogP contribution >= 0.6 is 0 Å². The van der Waals surface area contributed by atoms with Crippen molar-refractivity contribution in [1.82, 2.24) is 0 Å². The molecule has 5 nitrogen and oxygen atoms in total. The summed E-state index contributed by atoms with van der Waals surface area (Å²) < 4.78 is 0. The SMILES string of the molecule is CN1c2ccccc2CC1C(N)=NN=N. The highest BCUT2D eigenvalue weighted by Gasteiger charge is 2.28. The Morgan fingerprint density at radius 2 is 2.27 bits per heavy atom. The molecule has 1 heterocycles. The van der Waals surface area contributed by atoms with Gasteiger partial charge in [0.2, 0.25) is 0 Å². The predicted octanol–water partition coefficient (Wildman–Crippen LogP) is 1.35. The maximum atomic E-state index is 6.66. The van der Waals surface area contributed by atoms with Crippen LogP contribution in [0.3, 0.4) is 0 Å². The maximum Gasteiger partial charge on any atom is 0.147 e. The zero-order valence-electron chi connectivity index (χ0n) is 8.51. The lowest BCUT2D eigenvalue weighted by Crippen LogP contribution is -2.40. The minimum atomic E-state index is 0.0245. The molecule has 1 aromatic carbocycles. The second-order valence-corrected chi connectivity index (χ2v) is 3.58. The molecule has 3 N–H and O–H groups in total. The summed E-state index contributed by atoms with van der Waals surface area (Å²) in [5.74, 6) is 0.392. The fourth-order valence-electron chi connectivity index (χ4n) is 1.97. The van der Waals surface area contributed by atoms with Crippen LogP contribution in [0.5, 0.6) is 0 Å². The van der Waals surface area contributed by atoms with Gasteiger partial charge in [0.05, 0.1) is 6.04 Å². The van der Waals surface area contributed by atoms with Gasteiger partial charge in [-0.3, -0.25) is 0 Å². The number of likely N-dealkylation sites (N-methyl/N-ethyl adjacent to an activating group) is 1. The number of amidine groups is 1. The van der Waals surface area contributed by atoms with Crippen LogP contribution in [0.15, 0.2) is 34.6 Å². The monoisotopic (exact) mass is 203 g/mol. The molecule has 0 aliphatic carbocycles. The molecule has 0 bridgehead atoms. The fraction of sp³-hybridized carbons (Fsp3) is 0.300. The van der Waals surface area contributed by atoms with Crippen molar-refractivity contribution in [1.29, 1.82) is 5.53 Å². The van der Waals surface area contributed by atoms with Crippen LogP contribution in [0.1, 0.15) is 5.56 Å². The number of hydrogen-bond acceptors (Lipinski definition) is 3. The Morgan fingerprint density at radius 3 is 2.93 bits per heavy atom. The van der Waals surface area contributed by atoms with Gasteiger partial charge in [-0.15, -0.1) is 5.10 Å². The highest BCUT2D eigenvalue weighted by Crippen LogP contribution is 2.30. The van der Waals surface area contributed by atoms with E-state index in [1.54, 1.807) is 0 Å². The number of para-hydroxylation sites is 1. The molecule has 5 heteroatoms. The van der Waals surface area contributed by atoms with Gasteiger partial charge >= 0.3 is 0 Å². The zero-order chi connectivity index (χ0) is 10.8. The Bertz CT molecular complexity index is 412. The quantitative estimate of drug-likeness (QED) is 0.329. The Hall–Kier alpha value is -1.91. The van der Waals surface area contributed by atoms with E-state index in [-0.39, 0.29) is 6.04 Å². The number of fused-ring (bicyclic) bond motifs is 1. The summed E-state index contributed by atoms with van der Waals surface area (Å²) in [5, 5.41) is 6.55. The molecule has 0 saturated carbocycles. The normalized spacial score (nSPS) is 20.2. The number of benzene rings is 1. The van der Waals surface area contributed by atoms with Crippen molar-refractivity contribution in [2.24, 2.45) is 16.1 Å². The summed E-state index contributed by atoms with van der Waals surface area (Å²) in [6, 6.07) is 8.17. The number of nitrogens with zero attached hydrogens (tertiary/aromatic N) is 3. The number of hydrogen-bond donors (Lipinski definition) is 2. The van der Waals surface area contributed by atoms with Gasteiger partial charge in [0.15, 0.2) is 0 Å². The molecule has 1 atom stereocenters. The Labute approximate surface area is 88.1 Å². The van der Waals surface area contributed by atoms with Gasteiger partial charge in [0.1, 0.15) is 5.84 Å². The standard InChI is InChI=1S/C10H13N5/c1-15-8-5-3-2-4-7(8)6-9(15)10(11)13-14-12/h2-5,9H,6H2,1H3,(H3,11,12,13). The topological polar surface area (TPSA) is 77.8 Å². The van der Waals surface area contributed by atoms with Crippen LogP contribution in [-0.2, 0) is 6.42 Å². The first-order chi connectivity index (χ1) is 7.24.